The topological polar surface area (TPSA) is 55.8 Å². The number of ether oxygens (including phenoxy) is 1. The molecule has 1 aromatic carbocycles. The van der Waals surface area contributed by atoms with Gasteiger partial charge in [0, 0.05) is 5.56 Å². The van der Waals surface area contributed by atoms with E-state index in [9.17, 15) is 4.79 Å². The number of carbonyl (C=O) groups excluding carboxylic acids is 1. The van der Waals surface area contributed by atoms with Crippen LogP contribution in [0.2, 0.25) is 0 Å². The number of methoxy groups -OCH3 is 1. The summed E-state index contributed by atoms with van der Waals surface area (Å²) >= 11 is 0. The zero-order valence-corrected chi connectivity index (χ0v) is 6.48. The SMILES string of the molecule is COc1cc(C=O)ccc1OO. The Bertz CT molecular complexity index is 282. The van der Waals surface area contributed by atoms with Gasteiger partial charge in [-0.05, 0) is 18.2 Å². The maximum absolute atomic E-state index is 10.3. The fourth-order valence-electron chi connectivity index (χ4n) is 0.833. The molecule has 0 fully saturated rings. The maximum atomic E-state index is 10.3. The van der Waals surface area contributed by atoms with Crippen LogP contribution in [0.3, 0.4) is 0 Å². The largest absolute Gasteiger partial charge is 0.493 e. The van der Waals surface area contributed by atoms with Crippen molar-refractivity contribution in [1.82, 2.24) is 0 Å². The molecule has 0 aliphatic rings. The Balaban J connectivity index is 3.10. The van der Waals surface area contributed by atoms with Crippen LogP contribution >= 0.6 is 0 Å². The molecule has 0 saturated carbocycles. The van der Waals surface area contributed by atoms with Crippen LogP contribution in [0, 0.1) is 0 Å². The normalized spacial score (nSPS) is 9.17. The van der Waals surface area contributed by atoms with Crippen LogP contribution in [0.4, 0.5) is 0 Å². The number of rotatable bonds is 3. The Hall–Kier alpha value is -1.55. The number of carbonyl (C=O) groups is 1. The third kappa shape index (κ3) is 1.54. The van der Waals surface area contributed by atoms with Crippen molar-refractivity contribution in [3.05, 3.63) is 23.8 Å². The third-order valence-electron chi connectivity index (χ3n) is 1.42. The smallest absolute Gasteiger partial charge is 0.206 e. The second-order valence-corrected chi connectivity index (χ2v) is 2.12. The summed E-state index contributed by atoms with van der Waals surface area (Å²) < 4.78 is 4.83. The number of hydrogen-bond donors (Lipinski definition) is 1. The first kappa shape index (κ1) is 8.55. The van der Waals surface area contributed by atoms with Crippen molar-refractivity contribution in [3.63, 3.8) is 0 Å². The zero-order valence-electron chi connectivity index (χ0n) is 6.48. The highest BCUT2D eigenvalue weighted by Gasteiger charge is 2.04. The van der Waals surface area contributed by atoms with Gasteiger partial charge >= 0.3 is 0 Å². The van der Waals surface area contributed by atoms with Gasteiger partial charge in [0.05, 0.1) is 7.11 Å². The second kappa shape index (κ2) is 3.73. The van der Waals surface area contributed by atoms with Crippen molar-refractivity contribution in [2.75, 3.05) is 7.11 Å². The molecule has 0 saturated heterocycles. The highest BCUT2D eigenvalue weighted by Crippen LogP contribution is 2.26. The summed E-state index contributed by atoms with van der Waals surface area (Å²) in [5, 5.41) is 8.34. The molecule has 12 heavy (non-hydrogen) atoms. The lowest BCUT2D eigenvalue weighted by Crippen LogP contribution is -1.91. The second-order valence-electron chi connectivity index (χ2n) is 2.12. The molecule has 0 atom stereocenters. The first-order chi connectivity index (χ1) is 5.81. The van der Waals surface area contributed by atoms with Crippen molar-refractivity contribution >= 4 is 6.29 Å². The maximum Gasteiger partial charge on any atom is 0.206 e. The van der Waals surface area contributed by atoms with Crippen molar-refractivity contribution < 1.29 is 19.7 Å². The lowest BCUT2D eigenvalue weighted by Gasteiger charge is -2.04. The molecule has 1 N–H and O–H groups in total. The quantitative estimate of drug-likeness (QED) is 0.420. The van der Waals surface area contributed by atoms with E-state index in [2.05, 4.69) is 4.89 Å². The molecule has 64 valence electrons. The van der Waals surface area contributed by atoms with Gasteiger partial charge in [0.15, 0.2) is 5.75 Å². The summed E-state index contributed by atoms with van der Waals surface area (Å²) in [7, 11) is 1.42. The summed E-state index contributed by atoms with van der Waals surface area (Å²) in [5.74, 6) is 0.505. The monoisotopic (exact) mass is 168 g/mol. The van der Waals surface area contributed by atoms with Crippen LogP contribution in [0.1, 0.15) is 10.4 Å². The minimum Gasteiger partial charge on any atom is -0.493 e. The van der Waals surface area contributed by atoms with Crippen molar-refractivity contribution in [2.45, 2.75) is 0 Å². The molecule has 4 nitrogen and oxygen atoms in total. The average molecular weight is 168 g/mol. The fraction of sp³-hybridized carbons (Fsp3) is 0.125. The van der Waals surface area contributed by atoms with Gasteiger partial charge in [-0.15, -0.1) is 0 Å². The number of aldehydes is 1. The van der Waals surface area contributed by atoms with Gasteiger partial charge in [-0.2, -0.15) is 0 Å². The molecule has 0 spiro atoms. The molecule has 0 amide bonds. The molecule has 0 aliphatic carbocycles. The van der Waals surface area contributed by atoms with E-state index in [1.165, 1.54) is 25.3 Å². The molecule has 4 heteroatoms. The van der Waals surface area contributed by atoms with Gasteiger partial charge in [0.2, 0.25) is 5.75 Å². The molecule has 0 bridgehead atoms. The molecule has 0 aliphatic heterocycles. The highest BCUT2D eigenvalue weighted by atomic mass is 17.1. The molecule has 1 rings (SSSR count). The molecular weight excluding hydrogens is 160 g/mol. The van der Waals surface area contributed by atoms with E-state index in [0.717, 1.165) is 0 Å². The molecule has 0 unspecified atom stereocenters. The first-order valence-corrected chi connectivity index (χ1v) is 3.26. The fourth-order valence-corrected chi connectivity index (χ4v) is 0.833. The Kier molecular flexibility index (Phi) is 2.66. The van der Waals surface area contributed by atoms with E-state index >= 15 is 0 Å². The van der Waals surface area contributed by atoms with E-state index in [0.29, 0.717) is 17.6 Å². The van der Waals surface area contributed by atoms with Crippen molar-refractivity contribution in [1.29, 1.82) is 0 Å². The Morgan fingerprint density at radius 1 is 1.42 bits per heavy atom. The molecular formula is C8H8O4. The lowest BCUT2D eigenvalue weighted by molar-refractivity contribution is -0.139. The van der Waals surface area contributed by atoms with E-state index in [1.807, 2.05) is 0 Å². The van der Waals surface area contributed by atoms with Crippen LogP contribution in [0.15, 0.2) is 18.2 Å². The summed E-state index contributed by atoms with van der Waals surface area (Å²) in [6.45, 7) is 0. The van der Waals surface area contributed by atoms with Gasteiger partial charge in [-0.3, -0.25) is 4.79 Å². The predicted molar refractivity (Wildman–Crippen MR) is 41.6 cm³/mol. The summed E-state index contributed by atoms with van der Waals surface area (Å²) in [5.41, 5.74) is 0.465. The first-order valence-electron chi connectivity index (χ1n) is 3.26. The third-order valence-corrected chi connectivity index (χ3v) is 1.42. The Labute approximate surface area is 69.3 Å². The van der Waals surface area contributed by atoms with E-state index < -0.39 is 0 Å². The summed E-state index contributed by atoms with van der Waals surface area (Å²) in [4.78, 5) is 14.3. The zero-order chi connectivity index (χ0) is 8.97. The van der Waals surface area contributed by atoms with Gasteiger partial charge in [0.25, 0.3) is 0 Å². The average Bonchev–Trinajstić information content (AvgIpc) is 2.16. The lowest BCUT2D eigenvalue weighted by atomic mass is 10.2. The van der Waals surface area contributed by atoms with Gasteiger partial charge in [-0.25, -0.2) is 5.26 Å². The minimum atomic E-state index is 0.183. The van der Waals surface area contributed by atoms with Gasteiger partial charge in [-0.1, -0.05) is 0 Å². The predicted octanol–water partition coefficient (Wildman–Crippen LogP) is 1.36. The highest BCUT2D eigenvalue weighted by molar-refractivity contribution is 5.76. The Morgan fingerprint density at radius 2 is 2.17 bits per heavy atom. The number of benzene rings is 1. The van der Waals surface area contributed by atoms with Crippen LogP contribution in [0.25, 0.3) is 0 Å². The van der Waals surface area contributed by atoms with E-state index in [1.54, 1.807) is 0 Å². The van der Waals surface area contributed by atoms with Crippen LogP contribution in [0.5, 0.6) is 11.5 Å². The molecule has 0 aromatic heterocycles. The molecule has 0 heterocycles. The number of hydrogen-bond acceptors (Lipinski definition) is 4. The Morgan fingerprint density at radius 3 is 2.67 bits per heavy atom. The minimum absolute atomic E-state index is 0.183. The van der Waals surface area contributed by atoms with Crippen molar-refractivity contribution in [2.24, 2.45) is 0 Å². The molecule has 0 radical (unpaired) electrons. The van der Waals surface area contributed by atoms with Crippen molar-refractivity contribution in [3.8, 4) is 11.5 Å². The molecule has 1 aromatic rings. The summed E-state index contributed by atoms with van der Waals surface area (Å²) in [6.07, 6.45) is 0.684. The van der Waals surface area contributed by atoms with Gasteiger partial charge < -0.3 is 9.62 Å². The van der Waals surface area contributed by atoms with E-state index in [4.69, 9.17) is 9.99 Å². The van der Waals surface area contributed by atoms with Crippen LogP contribution in [-0.4, -0.2) is 18.7 Å². The van der Waals surface area contributed by atoms with Crippen LogP contribution < -0.4 is 9.62 Å². The van der Waals surface area contributed by atoms with E-state index in [-0.39, 0.29) is 5.75 Å². The van der Waals surface area contributed by atoms with Crippen LogP contribution in [-0.2, 0) is 0 Å². The standard InChI is InChI=1S/C8H8O4/c1-11-8-4-6(5-9)2-3-7(8)12-10/h2-5,10H,1H3. The summed E-state index contributed by atoms with van der Waals surface area (Å²) in [6, 6.07) is 4.43. The van der Waals surface area contributed by atoms with Gasteiger partial charge in [0.1, 0.15) is 6.29 Å².